The van der Waals surface area contributed by atoms with Crippen molar-refractivity contribution in [2.45, 2.75) is 10.1 Å². The van der Waals surface area contributed by atoms with Crippen LogP contribution in [0.2, 0.25) is 0 Å². The fourth-order valence-corrected chi connectivity index (χ4v) is 2.39. The first kappa shape index (κ1) is 11.9. The van der Waals surface area contributed by atoms with Gasteiger partial charge >= 0.3 is 0 Å². The summed E-state index contributed by atoms with van der Waals surface area (Å²) in [5.41, 5.74) is 6.23. The Morgan fingerprint density at radius 1 is 1.35 bits per heavy atom. The van der Waals surface area contributed by atoms with Gasteiger partial charge in [0, 0.05) is 6.20 Å². The molecule has 0 saturated heterocycles. The van der Waals surface area contributed by atoms with Crippen LogP contribution in [0.3, 0.4) is 0 Å². The maximum Gasteiger partial charge on any atom is 0.164 e. The van der Waals surface area contributed by atoms with E-state index in [-0.39, 0.29) is 5.69 Å². The Morgan fingerprint density at radius 3 is 2.88 bits per heavy atom. The zero-order valence-corrected chi connectivity index (χ0v) is 11.0. The van der Waals surface area contributed by atoms with Gasteiger partial charge in [0.25, 0.3) is 0 Å². The van der Waals surface area contributed by atoms with Crippen molar-refractivity contribution in [3.63, 3.8) is 0 Å². The van der Waals surface area contributed by atoms with E-state index in [0.29, 0.717) is 10.7 Å². The van der Waals surface area contributed by atoms with Crippen molar-refractivity contribution in [2.75, 3.05) is 5.73 Å². The third kappa shape index (κ3) is 2.75. The summed E-state index contributed by atoms with van der Waals surface area (Å²) in [5, 5.41) is 10.3. The van der Waals surface area contributed by atoms with Crippen molar-refractivity contribution in [1.82, 2.24) is 9.97 Å². The van der Waals surface area contributed by atoms with E-state index in [4.69, 9.17) is 11.0 Å². The minimum absolute atomic E-state index is 0.238. The number of nitrogens with zero attached hydrogens (tertiary/aromatic N) is 3. The van der Waals surface area contributed by atoms with Gasteiger partial charge in [0.15, 0.2) is 5.69 Å². The van der Waals surface area contributed by atoms with E-state index in [1.54, 1.807) is 18.3 Å². The molecule has 17 heavy (non-hydrogen) atoms. The minimum atomic E-state index is 0.238. The predicted octanol–water partition coefficient (Wildman–Crippen LogP) is 2.84. The normalized spacial score (nSPS) is 9.88. The first-order valence-corrected chi connectivity index (χ1v) is 6.26. The first-order chi connectivity index (χ1) is 8.20. The van der Waals surface area contributed by atoms with Crippen LogP contribution in [-0.2, 0) is 0 Å². The molecule has 0 aromatic carbocycles. The third-order valence-corrected chi connectivity index (χ3v) is 3.79. The average Bonchev–Trinajstić information content (AvgIpc) is 2.34. The lowest BCUT2D eigenvalue weighted by atomic mass is 10.3. The molecule has 0 amide bonds. The smallest absolute Gasteiger partial charge is 0.164 e. The average molecular weight is 307 g/mol. The molecule has 84 valence electrons. The number of aromatic nitrogens is 2. The fraction of sp³-hybridized carbons (Fsp3) is 0. The molecule has 0 unspecified atom stereocenters. The molecule has 0 atom stereocenters. The quantitative estimate of drug-likeness (QED) is 0.923. The van der Waals surface area contributed by atoms with Gasteiger partial charge in [0.1, 0.15) is 16.1 Å². The van der Waals surface area contributed by atoms with Gasteiger partial charge < -0.3 is 5.73 Å². The van der Waals surface area contributed by atoms with E-state index < -0.39 is 0 Å². The summed E-state index contributed by atoms with van der Waals surface area (Å²) in [6.45, 7) is 0. The van der Waals surface area contributed by atoms with Gasteiger partial charge in [-0.25, -0.2) is 9.97 Å². The standard InChI is InChI=1S/C11H7BrN4S/c12-7-2-1-5-15-11(7)17-10-4-3-8(14)9(6-13)16-10/h1-5H,14H2. The molecule has 6 heteroatoms. The summed E-state index contributed by atoms with van der Waals surface area (Å²) in [5.74, 6) is 0. The van der Waals surface area contributed by atoms with E-state index in [1.807, 2.05) is 18.2 Å². The van der Waals surface area contributed by atoms with Crippen LogP contribution < -0.4 is 5.73 Å². The molecule has 0 spiro atoms. The summed E-state index contributed by atoms with van der Waals surface area (Å²) in [6, 6.07) is 9.13. The van der Waals surface area contributed by atoms with E-state index >= 15 is 0 Å². The van der Waals surface area contributed by atoms with E-state index in [1.165, 1.54) is 11.8 Å². The topological polar surface area (TPSA) is 75.6 Å². The molecule has 0 aliphatic carbocycles. The molecular formula is C11H7BrN4S. The van der Waals surface area contributed by atoms with Crippen molar-refractivity contribution in [3.05, 3.63) is 40.6 Å². The van der Waals surface area contributed by atoms with Gasteiger partial charge in [-0.2, -0.15) is 5.26 Å². The Hall–Kier alpha value is -1.58. The second-order valence-corrected chi connectivity index (χ2v) is 4.96. The van der Waals surface area contributed by atoms with Crippen molar-refractivity contribution < 1.29 is 0 Å². The van der Waals surface area contributed by atoms with Crippen molar-refractivity contribution in [2.24, 2.45) is 0 Å². The highest BCUT2D eigenvalue weighted by molar-refractivity contribution is 9.10. The Kier molecular flexibility index (Phi) is 3.61. The summed E-state index contributed by atoms with van der Waals surface area (Å²) in [4.78, 5) is 8.36. The molecule has 2 rings (SSSR count). The third-order valence-electron chi connectivity index (χ3n) is 1.93. The van der Waals surface area contributed by atoms with Crippen LogP contribution >= 0.6 is 27.7 Å². The number of anilines is 1. The fourth-order valence-electron chi connectivity index (χ4n) is 1.14. The summed E-state index contributed by atoms with van der Waals surface area (Å²) in [6.07, 6.45) is 1.70. The second-order valence-electron chi connectivity index (χ2n) is 3.09. The monoisotopic (exact) mass is 306 g/mol. The minimum Gasteiger partial charge on any atom is -0.396 e. The molecule has 0 radical (unpaired) electrons. The second kappa shape index (κ2) is 5.17. The molecule has 0 bridgehead atoms. The molecule has 0 aliphatic heterocycles. The number of nitriles is 1. The SMILES string of the molecule is N#Cc1nc(Sc2ncccc2Br)ccc1N. The van der Waals surface area contributed by atoms with Crippen LogP contribution in [0.5, 0.6) is 0 Å². The molecule has 2 aromatic heterocycles. The number of halogens is 1. The van der Waals surface area contributed by atoms with Gasteiger partial charge in [0.05, 0.1) is 10.2 Å². The van der Waals surface area contributed by atoms with Gasteiger partial charge in [0.2, 0.25) is 0 Å². The van der Waals surface area contributed by atoms with Gasteiger partial charge in [-0.1, -0.05) is 0 Å². The van der Waals surface area contributed by atoms with Gasteiger partial charge in [-0.15, -0.1) is 0 Å². The predicted molar refractivity (Wildman–Crippen MR) is 69.4 cm³/mol. The maximum atomic E-state index is 8.84. The molecule has 0 saturated carbocycles. The maximum absolute atomic E-state index is 8.84. The lowest BCUT2D eigenvalue weighted by Gasteiger charge is -2.03. The Balaban J connectivity index is 2.32. The van der Waals surface area contributed by atoms with Crippen LogP contribution in [0.4, 0.5) is 5.69 Å². The molecule has 2 aromatic rings. The van der Waals surface area contributed by atoms with E-state index in [0.717, 1.165) is 9.50 Å². The summed E-state index contributed by atoms with van der Waals surface area (Å²) >= 11 is 4.78. The number of nitrogens with two attached hydrogens (primary N) is 1. The molecular weight excluding hydrogens is 300 g/mol. The lowest BCUT2D eigenvalue weighted by Crippen LogP contribution is -1.94. The zero-order chi connectivity index (χ0) is 12.3. The number of pyridine rings is 2. The first-order valence-electron chi connectivity index (χ1n) is 4.65. The van der Waals surface area contributed by atoms with Crippen LogP contribution in [0.25, 0.3) is 0 Å². The zero-order valence-electron chi connectivity index (χ0n) is 8.59. The van der Waals surface area contributed by atoms with Gasteiger partial charge in [-0.05, 0) is 52.0 Å². The molecule has 0 fully saturated rings. The van der Waals surface area contributed by atoms with Crippen molar-refractivity contribution in [3.8, 4) is 6.07 Å². The number of hydrogen-bond donors (Lipinski definition) is 1. The summed E-state index contributed by atoms with van der Waals surface area (Å²) < 4.78 is 0.891. The van der Waals surface area contributed by atoms with Crippen LogP contribution in [0.1, 0.15) is 5.69 Å². The molecule has 2 heterocycles. The van der Waals surface area contributed by atoms with Gasteiger partial charge in [-0.3, -0.25) is 0 Å². The van der Waals surface area contributed by atoms with Crippen molar-refractivity contribution in [1.29, 1.82) is 5.26 Å². The van der Waals surface area contributed by atoms with E-state index in [2.05, 4.69) is 25.9 Å². The van der Waals surface area contributed by atoms with Crippen LogP contribution in [0, 0.1) is 11.3 Å². The highest BCUT2D eigenvalue weighted by Gasteiger charge is 2.07. The largest absolute Gasteiger partial charge is 0.396 e. The van der Waals surface area contributed by atoms with Crippen LogP contribution in [0.15, 0.2) is 45.0 Å². The molecule has 0 aliphatic rings. The highest BCUT2D eigenvalue weighted by Crippen LogP contribution is 2.30. The molecule has 2 N–H and O–H groups in total. The summed E-state index contributed by atoms with van der Waals surface area (Å²) in [7, 11) is 0. The molecule has 4 nitrogen and oxygen atoms in total. The number of rotatable bonds is 2. The Bertz CT molecular complexity index is 594. The number of hydrogen-bond acceptors (Lipinski definition) is 5. The van der Waals surface area contributed by atoms with E-state index in [9.17, 15) is 0 Å². The Labute approximate surface area is 111 Å². The Morgan fingerprint density at radius 2 is 2.18 bits per heavy atom. The van der Waals surface area contributed by atoms with Crippen LogP contribution in [-0.4, -0.2) is 9.97 Å². The lowest BCUT2D eigenvalue weighted by molar-refractivity contribution is 1.07. The number of nitrogen functional groups attached to an aromatic ring is 1. The van der Waals surface area contributed by atoms with Crippen molar-refractivity contribution >= 4 is 33.4 Å². The highest BCUT2D eigenvalue weighted by atomic mass is 79.9.